The van der Waals surface area contributed by atoms with Crippen LogP contribution in [-0.4, -0.2) is 62.1 Å². The van der Waals surface area contributed by atoms with E-state index in [1.807, 2.05) is 6.07 Å². The number of likely N-dealkylation sites (tertiary alicyclic amines) is 1. The highest BCUT2D eigenvalue weighted by atomic mass is 16.5. The first-order valence-electron chi connectivity index (χ1n) is 10.2. The summed E-state index contributed by atoms with van der Waals surface area (Å²) < 4.78 is 10.6. The summed E-state index contributed by atoms with van der Waals surface area (Å²) in [6, 6.07) is 14.5. The zero-order chi connectivity index (χ0) is 20.2. The van der Waals surface area contributed by atoms with Crippen LogP contribution in [0.4, 0.5) is 5.69 Å². The van der Waals surface area contributed by atoms with Crippen molar-refractivity contribution in [2.75, 3.05) is 45.8 Å². The summed E-state index contributed by atoms with van der Waals surface area (Å²) in [7, 11) is 3.19. The number of anilines is 1. The fraction of sp³-hybridized carbons (Fsp3) is 0.435. The molecule has 0 amide bonds. The monoisotopic (exact) mass is 395 g/mol. The maximum atomic E-state index is 12.7. The number of hydrogen-bond donors (Lipinski definition) is 1. The van der Waals surface area contributed by atoms with E-state index in [2.05, 4.69) is 39.4 Å². The number of nitrogens with one attached hydrogen (secondary N) is 1. The zero-order valence-electron chi connectivity index (χ0n) is 17.2. The summed E-state index contributed by atoms with van der Waals surface area (Å²) in [4.78, 5) is 17.5. The van der Waals surface area contributed by atoms with Gasteiger partial charge in [-0.3, -0.25) is 14.6 Å². The molecule has 2 heterocycles. The largest absolute Gasteiger partial charge is 0.493 e. The molecule has 0 atom stereocenters. The van der Waals surface area contributed by atoms with Gasteiger partial charge >= 0.3 is 0 Å². The van der Waals surface area contributed by atoms with Crippen molar-refractivity contribution in [3.63, 3.8) is 0 Å². The molecule has 154 valence electrons. The highest BCUT2D eigenvalue weighted by Crippen LogP contribution is 2.29. The Morgan fingerprint density at radius 3 is 2.59 bits per heavy atom. The molecular weight excluding hydrogens is 366 g/mol. The van der Waals surface area contributed by atoms with Gasteiger partial charge in [-0.25, -0.2) is 0 Å². The molecule has 0 saturated carbocycles. The molecule has 6 nitrogen and oxygen atoms in total. The van der Waals surface area contributed by atoms with Gasteiger partial charge in [0.1, 0.15) is 0 Å². The molecule has 0 aliphatic carbocycles. The van der Waals surface area contributed by atoms with E-state index < -0.39 is 0 Å². The van der Waals surface area contributed by atoms with Crippen molar-refractivity contribution in [3.8, 4) is 11.5 Å². The number of ether oxygens (including phenoxy) is 2. The predicted octanol–water partition coefficient (Wildman–Crippen LogP) is 3.24. The van der Waals surface area contributed by atoms with Crippen molar-refractivity contribution in [3.05, 3.63) is 53.6 Å². The van der Waals surface area contributed by atoms with Crippen LogP contribution in [0.3, 0.4) is 0 Å². The number of rotatable bonds is 6. The minimum absolute atomic E-state index is 0.123. The van der Waals surface area contributed by atoms with Crippen molar-refractivity contribution in [1.29, 1.82) is 0 Å². The Labute approximate surface area is 172 Å². The number of carbonyl (C=O) groups is 1. The van der Waals surface area contributed by atoms with E-state index in [-0.39, 0.29) is 5.78 Å². The Bertz CT molecular complexity index is 862. The van der Waals surface area contributed by atoms with Gasteiger partial charge in [-0.15, -0.1) is 0 Å². The van der Waals surface area contributed by atoms with Crippen LogP contribution >= 0.6 is 0 Å². The van der Waals surface area contributed by atoms with Crippen LogP contribution < -0.4 is 14.8 Å². The number of Topliss-reactive ketones (excluding diaryl/α,β-unsaturated/α-hetero) is 1. The molecule has 2 aliphatic heterocycles. The van der Waals surface area contributed by atoms with Gasteiger partial charge in [-0.2, -0.15) is 0 Å². The minimum Gasteiger partial charge on any atom is -0.493 e. The molecule has 0 radical (unpaired) electrons. The molecule has 6 heteroatoms. The number of ketones is 1. The topological polar surface area (TPSA) is 54.0 Å². The lowest BCUT2D eigenvalue weighted by atomic mass is 10.0. The number of benzene rings is 2. The molecule has 4 rings (SSSR count). The van der Waals surface area contributed by atoms with Gasteiger partial charge < -0.3 is 14.8 Å². The van der Waals surface area contributed by atoms with Gasteiger partial charge in [-0.1, -0.05) is 18.2 Å². The number of carbonyl (C=O) groups excluding carboxylic acids is 1. The third-order valence-electron chi connectivity index (χ3n) is 6.01. The summed E-state index contributed by atoms with van der Waals surface area (Å²) in [5, 5.41) is 3.53. The van der Waals surface area contributed by atoms with Crippen molar-refractivity contribution in [2.24, 2.45) is 0 Å². The molecule has 29 heavy (non-hydrogen) atoms. The molecule has 0 bridgehead atoms. The number of hydrogen-bond acceptors (Lipinski definition) is 6. The molecule has 2 aromatic rings. The molecule has 2 aromatic carbocycles. The second kappa shape index (κ2) is 8.84. The number of methoxy groups -OCH3 is 2. The number of piperidine rings is 1. The number of nitrogens with zero attached hydrogens (tertiary/aromatic N) is 2. The Morgan fingerprint density at radius 2 is 1.83 bits per heavy atom. The lowest BCUT2D eigenvalue weighted by molar-refractivity contribution is 0.0815. The minimum atomic E-state index is 0.123. The Hall–Kier alpha value is -2.57. The smallest absolute Gasteiger partial charge is 0.176 e. The first kappa shape index (κ1) is 19.7. The van der Waals surface area contributed by atoms with Crippen LogP contribution in [0.2, 0.25) is 0 Å². The Kier molecular flexibility index (Phi) is 6.02. The summed E-state index contributed by atoms with van der Waals surface area (Å²) >= 11 is 0. The molecular formula is C23H29N3O3. The van der Waals surface area contributed by atoms with Crippen LogP contribution in [0.25, 0.3) is 0 Å². The van der Waals surface area contributed by atoms with Crippen LogP contribution in [-0.2, 0) is 6.54 Å². The highest BCUT2D eigenvalue weighted by Gasteiger charge is 2.28. The van der Waals surface area contributed by atoms with E-state index in [1.165, 1.54) is 11.3 Å². The molecule has 1 N–H and O–H groups in total. The highest BCUT2D eigenvalue weighted by molar-refractivity contribution is 5.98. The van der Waals surface area contributed by atoms with Crippen LogP contribution in [0, 0.1) is 0 Å². The van der Waals surface area contributed by atoms with Crippen molar-refractivity contribution in [2.45, 2.75) is 25.4 Å². The third-order valence-corrected chi connectivity index (χ3v) is 6.01. The maximum Gasteiger partial charge on any atom is 0.176 e. The second-order valence-electron chi connectivity index (χ2n) is 7.74. The van der Waals surface area contributed by atoms with Crippen LogP contribution in [0.15, 0.2) is 42.5 Å². The van der Waals surface area contributed by atoms with Crippen molar-refractivity contribution < 1.29 is 14.3 Å². The lowest BCUT2D eigenvalue weighted by Gasteiger charge is -2.40. The molecule has 2 aliphatic rings. The Balaban J connectivity index is 1.31. The fourth-order valence-electron chi connectivity index (χ4n) is 4.30. The lowest BCUT2D eigenvalue weighted by Crippen LogP contribution is -2.48. The average molecular weight is 396 g/mol. The van der Waals surface area contributed by atoms with Crippen molar-refractivity contribution in [1.82, 2.24) is 9.80 Å². The first-order valence-corrected chi connectivity index (χ1v) is 10.2. The van der Waals surface area contributed by atoms with Crippen LogP contribution in [0.1, 0.15) is 28.8 Å². The molecule has 1 saturated heterocycles. The van der Waals surface area contributed by atoms with Gasteiger partial charge in [0, 0.05) is 36.9 Å². The standard InChI is InChI=1S/C23H29N3O3/c1-28-22-8-7-17(13-23(22)29-2)21(27)15-25-11-9-19(10-12-25)26-14-18-5-3-4-6-20(18)24-16-26/h3-8,13,19,24H,9-12,14-16H2,1-2H3. The molecule has 0 unspecified atom stereocenters. The van der Waals surface area contributed by atoms with Gasteiger partial charge in [0.05, 0.1) is 27.4 Å². The zero-order valence-corrected chi connectivity index (χ0v) is 17.2. The van der Waals surface area contributed by atoms with E-state index in [1.54, 1.807) is 26.4 Å². The van der Waals surface area contributed by atoms with Gasteiger partial charge in [0.2, 0.25) is 0 Å². The molecule has 0 aromatic heterocycles. The Morgan fingerprint density at radius 1 is 1.07 bits per heavy atom. The number of para-hydroxylation sites is 1. The summed E-state index contributed by atoms with van der Waals surface area (Å²) in [5.74, 6) is 1.36. The van der Waals surface area contributed by atoms with E-state index >= 15 is 0 Å². The second-order valence-corrected chi connectivity index (χ2v) is 7.74. The van der Waals surface area contributed by atoms with E-state index in [0.717, 1.165) is 39.1 Å². The van der Waals surface area contributed by atoms with Gasteiger partial charge in [0.25, 0.3) is 0 Å². The van der Waals surface area contributed by atoms with Gasteiger partial charge in [-0.05, 0) is 42.7 Å². The maximum absolute atomic E-state index is 12.7. The fourth-order valence-corrected chi connectivity index (χ4v) is 4.30. The summed E-state index contributed by atoms with van der Waals surface area (Å²) in [5.41, 5.74) is 3.29. The summed E-state index contributed by atoms with van der Waals surface area (Å²) in [6.07, 6.45) is 2.17. The van der Waals surface area contributed by atoms with Crippen LogP contribution in [0.5, 0.6) is 11.5 Å². The first-order chi connectivity index (χ1) is 14.2. The van der Waals surface area contributed by atoms with Gasteiger partial charge in [0.15, 0.2) is 17.3 Å². The van der Waals surface area contributed by atoms with E-state index in [0.29, 0.717) is 29.6 Å². The van der Waals surface area contributed by atoms with Crippen molar-refractivity contribution >= 4 is 11.5 Å². The molecule has 0 spiro atoms. The normalized spacial score (nSPS) is 18.0. The van der Waals surface area contributed by atoms with E-state index in [4.69, 9.17) is 9.47 Å². The quantitative estimate of drug-likeness (QED) is 0.758. The average Bonchev–Trinajstić information content (AvgIpc) is 2.78. The summed E-state index contributed by atoms with van der Waals surface area (Å²) in [6.45, 7) is 4.23. The van der Waals surface area contributed by atoms with E-state index in [9.17, 15) is 4.79 Å². The SMILES string of the molecule is COc1ccc(C(=O)CN2CCC(N3CNc4ccccc4C3)CC2)cc1OC. The molecule has 1 fully saturated rings. The number of fused-ring (bicyclic) bond motifs is 1. The predicted molar refractivity (Wildman–Crippen MR) is 114 cm³/mol. The third kappa shape index (κ3) is 4.38.